The molecule has 0 unspecified atom stereocenters. The van der Waals surface area contributed by atoms with Crippen molar-refractivity contribution in [3.8, 4) is 0 Å². The number of hydrogen-bond donors (Lipinski definition) is 2. The van der Waals surface area contributed by atoms with Crippen LogP contribution in [0.5, 0.6) is 0 Å². The lowest BCUT2D eigenvalue weighted by Gasteiger charge is -2.28. The summed E-state index contributed by atoms with van der Waals surface area (Å²) in [5.41, 5.74) is 0. The number of aliphatic hydroxyl groups excluding tert-OH is 2. The molecule has 0 bridgehead atoms. The van der Waals surface area contributed by atoms with E-state index in [0.29, 0.717) is 23.7 Å². The van der Waals surface area contributed by atoms with Crippen LogP contribution < -0.4 is 0 Å². The number of hydrogen-bond acceptors (Lipinski definition) is 4. The van der Waals surface area contributed by atoms with Gasteiger partial charge in [-0.05, 0) is 12.8 Å². The van der Waals surface area contributed by atoms with E-state index >= 15 is 0 Å². The van der Waals surface area contributed by atoms with E-state index in [9.17, 15) is 0 Å². The van der Waals surface area contributed by atoms with Crippen molar-refractivity contribution in [2.24, 2.45) is 0 Å². The fourth-order valence-electron chi connectivity index (χ4n) is 2.21. The molecular formula is C12H24O2S2. The third-order valence-electron chi connectivity index (χ3n) is 2.99. The zero-order valence-corrected chi connectivity index (χ0v) is 11.6. The van der Waals surface area contributed by atoms with Crippen LogP contribution in [0.4, 0.5) is 0 Å². The van der Waals surface area contributed by atoms with Gasteiger partial charge in [-0.1, -0.05) is 25.7 Å². The van der Waals surface area contributed by atoms with Gasteiger partial charge in [0.2, 0.25) is 0 Å². The molecule has 4 heteroatoms. The molecule has 0 amide bonds. The first kappa shape index (κ1) is 14.7. The highest BCUT2D eigenvalue weighted by Gasteiger charge is 2.23. The van der Waals surface area contributed by atoms with Crippen LogP contribution in [0.25, 0.3) is 0 Å². The minimum atomic E-state index is 0.290. The lowest BCUT2D eigenvalue weighted by molar-refractivity contribution is 0.321. The van der Waals surface area contributed by atoms with Crippen molar-refractivity contribution in [3.63, 3.8) is 0 Å². The highest BCUT2D eigenvalue weighted by atomic mass is 32.2. The van der Waals surface area contributed by atoms with Crippen LogP contribution in [-0.4, -0.2) is 45.4 Å². The lowest BCUT2D eigenvalue weighted by Crippen LogP contribution is -2.23. The summed E-state index contributed by atoms with van der Waals surface area (Å²) in [5, 5.41) is 19.2. The molecule has 0 radical (unpaired) electrons. The maximum absolute atomic E-state index is 8.92. The van der Waals surface area contributed by atoms with Crippen molar-refractivity contribution in [1.82, 2.24) is 0 Å². The van der Waals surface area contributed by atoms with E-state index in [1.807, 2.05) is 23.5 Å². The van der Waals surface area contributed by atoms with Crippen molar-refractivity contribution in [2.75, 3.05) is 24.7 Å². The van der Waals surface area contributed by atoms with Crippen molar-refractivity contribution in [2.45, 2.75) is 49.0 Å². The second-order valence-corrected chi connectivity index (χ2v) is 6.95. The first-order valence-electron chi connectivity index (χ1n) is 6.33. The standard InChI is InChI=1S/C12H24O2S2/c13-7-9-15-11-5-3-1-2-4-6-12(11)16-10-8-14/h11-14H,1-10H2/t11-,12+. The SMILES string of the molecule is OCCS[C@H]1CCCCCC[C@H]1SCCO. The first-order chi connectivity index (χ1) is 7.88. The topological polar surface area (TPSA) is 40.5 Å². The summed E-state index contributed by atoms with van der Waals surface area (Å²) in [6, 6.07) is 0. The first-order valence-corrected chi connectivity index (χ1v) is 8.43. The third kappa shape index (κ3) is 5.80. The Labute approximate surface area is 108 Å². The minimum absolute atomic E-state index is 0.290. The van der Waals surface area contributed by atoms with E-state index in [1.54, 1.807) is 0 Å². The molecule has 0 heterocycles. The van der Waals surface area contributed by atoms with E-state index in [0.717, 1.165) is 11.5 Å². The molecule has 1 aliphatic carbocycles. The summed E-state index contributed by atoms with van der Waals surface area (Å²) in [4.78, 5) is 0. The van der Waals surface area contributed by atoms with E-state index in [2.05, 4.69) is 0 Å². The van der Waals surface area contributed by atoms with Crippen LogP contribution >= 0.6 is 23.5 Å². The lowest BCUT2D eigenvalue weighted by atomic mass is 10.00. The molecule has 0 aromatic carbocycles. The Morgan fingerprint density at radius 2 is 1.19 bits per heavy atom. The average molecular weight is 264 g/mol. The molecule has 96 valence electrons. The van der Waals surface area contributed by atoms with Gasteiger partial charge in [0.1, 0.15) is 0 Å². The van der Waals surface area contributed by atoms with E-state index in [1.165, 1.54) is 38.5 Å². The Balaban J connectivity index is 2.39. The Bertz CT molecular complexity index is 145. The maximum Gasteiger partial charge on any atom is 0.0521 e. The molecule has 0 spiro atoms. The van der Waals surface area contributed by atoms with Crippen LogP contribution in [0.15, 0.2) is 0 Å². The maximum atomic E-state index is 8.92. The monoisotopic (exact) mass is 264 g/mol. The van der Waals surface area contributed by atoms with Crippen LogP contribution in [0.1, 0.15) is 38.5 Å². The second kappa shape index (κ2) is 9.63. The van der Waals surface area contributed by atoms with Crippen LogP contribution in [0.3, 0.4) is 0 Å². The molecule has 0 aliphatic heterocycles. The Morgan fingerprint density at radius 1 is 0.750 bits per heavy atom. The molecule has 2 atom stereocenters. The van der Waals surface area contributed by atoms with Gasteiger partial charge in [0.25, 0.3) is 0 Å². The molecule has 0 aromatic rings. The molecule has 1 saturated carbocycles. The zero-order chi connectivity index (χ0) is 11.6. The van der Waals surface area contributed by atoms with Gasteiger partial charge in [0.15, 0.2) is 0 Å². The van der Waals surface area contributed by atoms with Gasteiger partial charge in [0.05, 0.1) is 13.2 Å². The van der Waals surface area contributed by atoms with E-state index in [-0.39, 0.29) is 0 Å². The average Bonchev–Trinajstić information content (AvgIpc) is 2.27. The smallest absolute Gasteiger partial charge is 0.0521 e. The van der Waals surface area contributed by atoms with E-state index in [4.69, 9.17) is 10.2 Å². The highest BCUT2D eigenvalue weighted by Crippen LogP contribution is 2.34. The van der Waals surface area contributed by atoms with Crippen LogP contribution in [0.2, 0.25) is 0 Å². The van der Waals surface area contributed by atoms with Crippen LogP contribution in [0, 0.1) is 0 Å². The quantitative estimate of drug-likeness (QED) is 0.773. The van der Waals surface area contributed by atoms with E-state index < -0.39 is 0 Å². The van der Waals surface area contributed by atoms with Gasteiger partial charge >= 0.3 is 0 Å². The summed E-state index contributed by atoms with van der Waals surface area (Å²) in [6.07, 6.45) is 7.97. The Kier molecular flexibility index (Phi) is 8.84. The summed E-state index contributed by atoms with van der Waals surface area (Å²) < 4.78 is 0. The number of aliphatic hydroxyl groups is 2. The molecule has 1 aliphatic rings. The van der Waals surface area contributed by atoms with Gasteiger partial charge in [-0.2, -0.15) is 23.5 Å². The fraction of sp³-hybridized carbons (Fsp3) is 1.00. The fourth-order valence-corrected chi connectivity index (χ4v) is 4.86. The normalized spacial score (nSPS) is 27.4. The third-order valence-corrected chi connectivity index (χ3v) is 5.98. The van der Waals surface area contributed by atoms with Crippen molar-refractivity contribution < 1.29 is 10.2 Å². The molecule has 0 aromatic heterocycles. The molecule has 0 saturated heterocycles. The summed E-state index contributed by atoms with van der Waals surface area (Å²) in [6.45, 7) is 0.580. The van der Waals surface area contributed by atoms with Gasteiger partial charge in [-0.25, -0.2) is 0 Å². The molecular weight excluding hydrogens is 240 g/mol. The molecule has 1 fully saturated rings. The Morgan fingerprint density at radius 3 is 1.56 bits per heavy atom. The molecule has 2 N–H and O–H groups in total. The summed E-state index contributed by atoms with van der Waals surface area (Å²) in [5.74, 6) is 1.72. The van der Waals surface area contributed by atoms with Crippen molar-refractivity contribution in [1.29, 1.82) is 0 Å². The Hall–Kier alpha value is 0.620. The molecule has 1 rings (SSSR count). The van der Waals surface area contributed by atoms with Gasteiger partial charge < -0.3 is 10.2 Å². The van der Waals surface area contributed by atoms with Crippen molar-refractivity contribution >= 4 is 23.5 Å². The number of thioether (sulfide) groups is 2. The zero-order valence-electron chi connectivity index (χ0n) is 9.94. The molecule has 16 heavy (non-hydrogen) atoms. The minimum Gasteiger partial charge on any atom is -0.396 e. The predicted octanol–water partition coefficient (Wildman–Crippen LogP) is 2.53. The number of rotatable bonds is 6. The van der Waals surface area contributed by atoms with Gasteiger partial charge in [-0.3, -0.25) is 0 Å². The highest BCUT2D eigenvalue weighted by molar-refractivity contribution is 8.03. The second-order valence-electron chi connectivity index (χ2n) is 4.26. The largest absolute Gasteiger partial charge is 0.396 e. The van der Waals surface area contributed by atoms with Gasteiger partial charge in [-0.15, -0.1) is 0 Å². The predicted molar refractivity (Wildman–Crippen MR) is 74.4 cm³/mol. The van der Waals surface area contributed by atoms with Gasteiger partial charge in [0, 0.05) is 22.0 Å². The molecule has 2 nitrogen and oxygen atoms in total. The summed E-state index contributed by atoms with van der Waals surface area (Å²) in [7, 11) is 0. The summed E-state index contributed by atoms with van der Waals surface area (Å²) >= 11 is 3.85. The van der Waals surface area contributed by atoms with Crippen LogP contribution in [-0.2, 0) is 0 Å². The van der Waals surface area contributed by atoms with Crippen molar-refractivity contribution in [3.05, 3.63) is 0 Å².